The molecule has 0 aliphatic rings. The molecular weight excluding hydrogens is 175 g/mol. The average molecular weight is 178 g/mol. The lowest BCUT2D eigenvalue weighted by Crippen LogP contribution is -2.39. The number of hydrogen-bond donors (Lipinski definition) is 0. The zero-order valence-corrected chi connectivity index (χ0v) is 6.08. The van der Waals surface area contributed by atoms with Gasteiger partial charge in [0.05, 0.1) is 5.97 Å². The van der Waals surface area contributed by atoms with Crippen molar-refractivity contribution in [2.75, 3.05) is 0 Å². The first-order valence-electron chi connectivity index (χ1n) is 2.49. The first-order valence-corrected chi connectivity index (χ1v) is 3.74. The highest BCUT2D eigenvalue weighted by Crippen LogP contribution is 2.19. The van der Waals surface area contributed by atoms with Gasteiger partial charge in [0, 0.05) is 12.4 Å². The van der Waals surface area contributed by atoms with E-state index in [1.807, 2.05) is 0 Å². The molecule has 7 heteroatoms. The highest BCUT2D eigenvalue weighted by molar-refractivity contribution is 7.38. The molecule has 0 saturated carbocycles. The first kappa shape index (κ1) is 10.0. The lowest BCUT2D eigenvalue weighted by Gasteiger charge is -2.09. The van der Waals surface area contributed by atoms with Crippen LogP contribution in [-0.4, -0.2) is 17.6 Å². The zero-order chi connectivity index (χ0) is 9.02. The van der Waals surface area contributed by atoms with E-state index in [1.54, 1.807) is 0 Å². The van der Waals surface area contributed by atoms with Crippen molar-refractivity contribution in [2.24, 2.45) is 0 Å². The summed E-state index contributed by atoms with van der Waals surface area (Å²) in [5, 5.41) is 19.6. The quantitative estimate of drug-likeness (QED) is 0.409. The molecule has 0 N–H and O–H groups in total. The van der Waals surface area contributed by atoms with E-state index in [0.29, 0.717) is 0 Å². The van der Waals surface area contributed by atoms with Crippen LogP contribution in [0.2, 0.25) is 0 Å². The van der Waals surface area contributed by atoms with E-state index in [4.69, 9.17) is 0 Å². The van der Waals surface area contributed by atoms with Gasteiger partial charge in [0.1, 0.15) is 0 Å². The molecule has 2 atom stereocenters. The molecule has 0 fully saturated rings. The van der Waals surface area contributed by atoms with E-state index >= 15 is 0 Å². The molecule has 62 valence electrons. The molecular formula is C4H3O6P-2. The van der Waals surface area contributed by atoms with Gasteiger partial charge >= 0.3 is 8.03 Å². The van der Waals surface area contributed by atoms with Gasteiger partial charge in [0.15, 0.2) is 5.66 Å². The summed E-state index contributed by atoms with van der Waals surface area (Å²) in [6.07, 6.45) is -1.07. The molecule has 0 aliphatic heterocycles. The molecule has 0 aromatic rings. The first-order chi connectivity index (χ1) is 4.95. The fraction of sp³-hybridized carbons (Fsp3) is 0.500. The van der Waals surface area contributed by atoms with Gasteiger partial charge in [-0.2, -0.15) is 0 Å². The highest BCUT2D eigenvalue weighted by Gasteiger charge is 2.22. The molecule has 0 spiro atoms. The van der Waals surface area contributed by atoms with Gasteiger partial charge in [-0.3, -0.25) is 0 Å². The fourth-order valence-electron chi connectivity index (χ4n) is 0.402. The van der Waals surface area contributed by atoms with Gasteiger partial charge in [-0.05, 0) is 0 Å². The summed E-state index contributed by atoms with van der Waals surface area (Å²) in [4.78, 5) is 29.6. The van der Waals surface area contributed by atoms with Crippen LogP contribution >= 0.6 is 8.03 Å². The van der Waals surface area contributed by atoms with Crippen LogP contribution in [0.25, 0.3) is 0 Å². The minimum Gasteiger partial charge on any atom is -0.595 e. The third kappa shape index (κ3) is 3.64. The van der Waals surface area contributed by atoms with Crippen LogP contribution in [0.4, 0.5) is 0 Å². The predicted molar refractivity (Wildman–Crippen MR) is 26.0 cm³/mol. The summed E-state index contributed by atoms with van der Waals surface area (Å²) in [5.74, 6) is -3.66. The summed E-state index contributed by atoms with van der Waals surface area (Å²) in [5.41, 5.74) is -1.99. The Labute approximate surface area is 62.3 Å². The number of hydrogen-bond acceptors (Lipinski definition) is 6. The van der Waals surface area contributed by atoms with Crippen molar-refractivity contribution in [1.82, 2.24) is 0 Å². The number of rotatable bonds is 4. The maximum Gasteiger partial charge on any atom is 0.318 e. The van der Waals surface area contributed by atoms with Crippen molar-refractivity contribution in [3.8, 4) is 0 Å². The second-order valence-electron chi connectivity index (χ2n) is 1.70. The van der Waals surface area contributed by atoms with Gasteiger partial charge in [0.2, 0.25) is 0 Å². The van der Waals surface area contributed by atoms with Crippen molar-refractivity contribution in [2.45, 2.75) is 12.1 Å². The monoisotopic (exact) mass is 178 g/mol. The van der Waals surface area contributed by atoms with Crippen molar-refractivity contribution in [3.05, 3.63) is 0 Å². The second-order valence-corrected chi connectivity index (χ2v) is 2.89. The topological polar surface area (TPSA) is 120 Å². The van der Waals surface area contributed by atoms with Gasteiger partial charge < -0.3 is 24.7 Å². The molecule has 0 amide bonds. The smallest absolute Gasteiger partial charge is 0.318 e. The number of carboxylic acid groups (broad SMARTS) is 2. The van der Waals surface area contributed by atoms with E-state index in [-0.39, 0.29) is 0 Å². The van der Waals surface area contributed by atoms with Crippen LogP contribution in [0, 0.1) is 0 Å². The van der Waals surface area contributed by atoms with Crippen molar-refractivity contribution in [3.63, 3.8) is 0 Å². The van der Waals surface area contributed by atoms with Gasteiger partial charge in [-0.25, -0.2) is 0 Å². The molecule has 2 unspecified atom stereocenters. The molecule has 0 saturated heterocycles. The van der Waals surface area contributed by atoms with E-state index in [9.17, 15) is 29.3 Å². The van der Waals surface area contributed by atoms with E-state index in [1.165, 1.54) is 0 Å². The summed E-state index contributed by atoms with van der Waals surface area (Å²) in [7, 11) is -3.32. The second kappa shape index (κ2) is 4.00. The minimum absolute atomic E-state index is 1.07. The number of aliphatic carboxylic acids is 2. The van der Waals surface area contributed by atoms with E-state index in [0.717, 1.165) is 0 Å². The van der Waals surface area contributed by atoms with Crippen LogP contribution in [0.5, 0.6) is 0 Å². The third-order valence-corrected chi connectivity index (χ3v) is 1.79. The van der Waals surface area contributed by atoms with Crippen LogP contribution in [0.3, 0.4) is 0 Å². The average Bonchev–Trinajstić information content (AvgIpc) is 1.81. The number of carbonyl (C=O) groups is 2. The largest absolute Gasteiger partial charge is 0.595 e. The summed E-state index contributed by atoms with van der Waals surface area (Å²) >= 11 is 0. The lowest BCUT2D eigenvalue weighted by molar-refractivity contribution is -0.315. The molecule has 0 aromatic heterocycles. The van der Waals surface area contributed by atoms with Crippen molar-refractivity contribution in [1.29, 1.82) is 0 Å². The molecule has 0 aliphatic carbocycles. The number of carbonyl (C=O) groups excluding carboxylic acids is 2. The normalized spacial score (nSPS) is 13.7. The van der Waals surface area contributed by atoms with E-state index < -0.39 is 32.0 Å². The molecule has 11 heavy (non-hydrogen) atoms. The minimum atomic E-state index is -3.32. The van der Waals surface area contributed by atoms with Crippen molar-refractivity contribution < 1.29 is 29.3 Å². The predicted octanol–water partition coefficient (Wildman–Crippen LogP) is -3.65. The maximum atomic E-state index is 10.0. The van der Waals surface area contributed by atoms with Gasteiger partial charge in [-0.1, -0.05) is 4.57 Å². The fourth-order valence-corrected chi connectivity index (χ4v) is 0.872. The molecule has 0 radical (unpaired) electrons. The van der Waals surface area contributed by atoms with E-state index in [2.05, 4.69) is 0 Å². The Morgan fingerprint density at radius 2 is 1.82 bits per heavy atom. The Morgan fingerprint density at radius 3 is 1.91 bits per heavy atom. The lowest BCUT2D eigenvalue weighted by atomic mass is 10.3. The summed E-state index contributed by atoms with van der Waals surface area (Å²) in [6.45, 7) is 0. The molecule has 0 heterocycles. The maximum absolute atomic E-state index is 10.0. The molecule has 0 bridgehead atoms. The zero-order valence-electron chi connectivity index (χ0n) is 5.18. The Kier molecular flexibility index (Phi) is 3.64. The number of carboxylic acids is 2. The Bertz CT molecular complexity index is 185. The SMILES string of the molecule is O=C([O-])CC(C(=O)[O-])[P+](=O)[O-]. The van der Waals surface area contributed by atoms with Crippen LogP contribution in [0.1, 0.15) is 6.42 Å². The highest BCUT2D eigenvalue weighted by atomic mass is 31.1. The van der Waals surface area contributed by atoms with Gasteiger partial charge in [-0.15, -0.1) is 0 Å². The molecule has 0 rings (SSSR count). The van der Waals surface area contributed by atoms with Gasteiger partial charge in [0.25, 0.3) is 0 Å². The summed E-state index contributed by atoms with van der Waals surface area (Å²) < 4.78 is 10.0. The Morgan fingerprint density at radius 1 is 1.36 bits per heavy atom. The summed E-state index contributed by atoms with van der Waals surface area (Å²) in [6, 6.07) is 0. The van der Waals surface area contributed by atoms with Crippen LogP contribution < -0.4 is 15.1 Å². The van der Waals surface area contributed by atoms with Crippen LogP contribution in [0.15, 0.2) is 0 Å². The standard InChI is InChI=1S/C4H5O6P/c5-3(6)1-2(4(7)8)11(9)10/h2H,1H2,(H,5,6)(H,7,8)/p-2. The molecule has 6 nitrogen and oxygen atoms in total. The Hall–Kier alpha value is -1.00. The van der Waals surface area contributed by atoms with Crippen molar-refractivity contribution >= 4 is 20.0 Å². The Balaban J connectivity index is 4.23. The molecule has 0 aromatic carbocycles. The third-order valence-electron chi connectivity index (χ3n) is 0.887. The van der Waals surface area contributed by atoms with Crippen LogP contribution in [-0.2, 0) is 14.2 Å².